The van der Waals surface area contributed by atoms with E-state index in [1.54, 1.807) is 6.20 Å². The van der Waals surface area contributed by atoms with Crippen molar-refractivity contribution in [2.75, 3.05) is 0 Å². The molecule has 0 unspecified atom stereocenters. The van der Waals surface area contributed by atoms with Crippen LogP contribution in [0, 0.1) is 0 Å². The van der Waals surface area contributed by atoms with E-state index in [0.717, 1.165) is 22.6 Å². The first kappa shape index (κ1) is 7.92. The molecule has 2 heteroatoms. The minimum absolute atomic E-state index is 0.439. The molecule has 0 N–H and O–H groups in total. The van der Waals surface area contributed by atoms with E-state index in [-0.39, 0.29) is 0 Å². The average molecular weight is 171 g/mol. The fraction of sp³-hybridized carbons (Fsp3) is 0.0909. The van der Waals surface area contributed by atoms with Crippen LogP contribution in [-0.4, -0.2) is 11.3 Å². The summed E-state index contributed by atoms with van der Waals surface area (Å²) in [7, 11) is 0. The zero-order chi connectivity index (χ0) is 9.10. The maximum atomic E-state index is 10.4. The quantitative estimate of drug-likeness (QED) is 0.646. The minimum atomic E-state index is 0.439. The molecule has 0 spiro atoms. The molecule has 0 saturated heterocycles. The van der Waals surface area contributed by atoms with Gasteiger partial charge >= 0.3 is 0 Å². The standard InChI is InChI=1S/C11H9NO/c13-6-5-10-8-12-7-9-3-1-2-4-11(9)10/h1-4,6-8H,5H2. The van der Waals surface area contributed by atoms with Gasteiger partial charge in [0.05, 0.1) is 0 Å². The van der Waals surface area contributed by atoms with Gasteiger partial charge in [-0.15, -0.1) is 0 Å². The first-order valence-corrected chi connectivity index (χ1v) is 4.17. The topological polar surface area (TPSA) is 30.0 Å². The first-order valence-electron chi connectivity index (χ1n) is 4.17. The molecule has 2 rings (SSSR count). The van der Waals surface area contributed by atoms with E-state index in [4.69, 9.17) is 0 Å². The average Bonchev–Trinajstić information content (AvgIpc) is 2.19. The van der Waals surface area contributed by atoms with Gasteiger partial charge in [-0.1, -0.05) is 24.3 Å². The van der Waals surface area contributed by atoms with Crippen LogP contribution in [-0.2, 0) is 11.2 Å². The summed E-state index contributed by atoms with van der Waals surface area (Å²) in [5.41, 5.74) is 0.994. The van der Waals surface area contributed by atoms with Gasteiger partial charge < -0.3 is 4.79 Å². The lowest BCUT2D eigenvalue weighted by Crippen LogP contribution is -1.89. The molecule has 64 valence electrons. The van der Waals surface area contributed by atoms with E-state index in [2.05, 4.69) is 4.98 Å². The smallest absolute Gasteiger partial charge is 0.124 e. The molecule has 13 heavy (non-hydrogen) atoms. The van der Waals surface area contributed by atoms with Gasteiger partial charge in [-0.25, -0.2) is 0 Å². The number of carbonyl (C=O) groups is 1. The van der Waals surface area contributed by atoms with Crippen LogP contribution in [0.4, 0.5) is 0 Å². The molecular formula is C11H9NO. The van der Waals surface area contributed by atoms with Gasteiger partial charge in [0.15, 0.2) is 0 Å². The largest absolute Gasteiger partial charge is 0.303 e. The second-order valence-corrected chi connectivity index (χ2v) is 2.89. The number of fused-ring (bicyclic) bond motifs is 1. The van der Waals surface area contributed by atoms with Crippen molar-refractivity contribution < 1.29 is 4.79 Å². The number of rotatable bonds is 2. The second kappa shape index (κ2) is 3.35. The minimum Gasteiger partial charge on any atom is -0.303 e. The molecule has 1 aromatic carbocycles. The predicted molar refractivity (Wildman–Crippen MR) is 51.5 cm³/mol. The number of aromatic nitrogens is 1. The third kappa shape index (κ3) is 1.43. The van der Waals surface area contributed by atoms with Crippen molar-refractivity contribution in [2.45, 2.75) is 6.42 Å². The Balaban J connectivity index is 2.68. The highest BCUT2D eigenvalue weighted by Crippen LogP contribution is 2.16. The molecule has 1 aromatic heterocycles. The fourth-order valence-corrected chi connectivity index (χ4v) is 1.43. The zero-order valence-electron chi connectivity index (χ0n) is 7.10. The Morgan fingerprint density at radius 2 is 2.08 bits per heavy atom. The Morgan fingerprint density at radius 1 is 1.23 bits per heavy atom. The van der Waals surface area contributed by atoms with E-state index in [1.807, 2.05) is 30.5 Å². The number of hydrogen-bond donors (Lipinski definition) is 0. The van der Waals surface area contributed by atoms with E-state index in [9.17, 15) is 4.79 Å². The molecule has 0 aliphatic rings. The molecule has 0 radical (unpaired) electrons. The Bertz CT molecular complexity index is 432. The van der Waals surface area contributed by atoms with E-state index >= 15 is 0 Å². The molecule has 0 aliphatic carbocycles. The lowest BCUT2D eigenvalue weighted by molar-refractivity contribution is -0.107. The van der Waals surface area contributed by atoms with Crippen molar-refractivity contribution in [2.24, 2.45) is 0 Å². The summed E-state index contributed by atoms with van der Waals surface area (Å²) in [6.07, 6.45) is 4.90. The SMILES string of the molecule is O=CCc1cncc2ccccc12. The summed E-state index contributed by atoms with van der Waals surface area (Å²) in [4.78, 5) is 14.5. The summed E-state index contributed by atoms with van der Waals surface area (Å²) in [5.74, 6) is 0. The molecule has 0 saturated carbocycles. The Kier molecular flexibility index (Phi) is 2.04. The van der Waals surface area contributed by atoms with E-state index < -0.39 is 0 Å². The number of pyridine rings is 1. The second-order valence-electron chi connectivity index (χ2n) is 2.89. The third-order valence-electron chi connectivity index (χ3n) is 2.05. The van der Waals surface area contributed by atoms with Gasteiger partial charge in [0, 0.05) is 24.2 Å². The molecule has 0 bridgehead atoms. The monoisotopic (exact) mass is 171 g/mol. The summed E-state index contributed by atoms with van der Waals surface area (Å²) in [6, 6.07) is 7.94. The van der Waals surface area contributed by atoms with Crippen molar-refractivity contribution in [3.05, 3.63) is 42.2 Å². The summed E-state index contributed by atoms with van der Waals surface area (Å²) >= 11 is 0. The molecule has 2 nitrogen and oxygen atoms in total. The van der Waals surface area contributed by atoms with Gasteiger partial charge in [0.1, 0.15) is 6.29 Å². The van der Waals surface area contributed by atoms with Crippen LogP contribution in [0.25, 0.3) is 10.8 Å². The molecule has 0 aliphatic heterocycles. The molecule has 0 amide bonds. The van der Waals surface area contributed by atoms with Gasteiger partial charge in [-0.2, -0.15) is 0 Å². The maximum Gasteiger partial charge on any atom is 0.124 e. The van der Waals surface area contributed by atoms with E-state index in [0.29, 0.717) is 6.42 Å². The molecule has 0 fully saturated rings. The summed E-state index contributed by atoms with van der Waals surface area (Å²) in [6.45, 7) is 0. The Hall–Kier alpha value is -1.70. The summed E-state index contributed by atoms with van der Waals surface area (Å²) in [5, 5.41) is 2.20. The van der Waals surface area contributed by atoms with Gasteiger partial charge in [0.2, 0.25) is 0 Å². The molecular weight excluding hydrogens is 162 g/mol. The van der Waals surface area contributed by atoms with Crippen LogP contribution >= 0.6 is 0 Å². The lowest BCUT2D eigenvalue weighted by atomic mass is 10.1. The fourth-order valence-electron chi connectivity index (χ4n) is 1.43. The van der Waals surface area contributed by atoms with Gasteiger partial charge in [-0.05, 0) is 10.9 Å². The number of benzene rings is 1. The highest BCUT2D eigenvalue weighted by Gasteiger charge is 1.98. The summed E-state index contributed by atoms with van der Waals surface area (Å²) < 4.78 is 0. The van der Waals surface area contributed by atoms with Crippen molar-refractivity contribution in [3.8, 4) is 0 Å². The number of hydrogen-bond acceptors (Lipinski definition) is 2. The van der Waals surface area contributed by atoms with Crippen molar-refractivity contribution in [3.63, 3.8) is 0 Å². The number of carbonyl (C=O) groups excluding carboxylic acids is 1. The predicted octanol–water partition coefficient (Wildman–Crippen LogP) is 1.98. The van der Waals surface area contributed by atoms with Crippen LogP contribution in [0.5, 0.6) is 0 Å². The lowest BCUT2D eigenvalue weighted by Gasteiger charge is -2.00. The highest BCUT2D eigenvalue weighted by atomic mass is 16.1. The molecule has 1 heterocycles. The van der Waals surface area contributed by atoms with Gasteiger partial charge in [-0.3, -0.25) is 4.98 Å². The van der Waals surface area contributed by atoms with Crippen molar-refractivity contribution in [1.82, 2.24) is 4.98 Å². The normalized spacial score (nSPS) is 10.2. The Labute approximate surface area is 76.2 Å². The van der Waals surface area contributed by atoms with Gasteiger partial charge in [0.25, 0.3) is 0 Å². The highest BCUT2D eigenvalue weighted by molar-refractivity contribution is 5.86. The van der Waals surface area contributed by atoms with Crippen molar-refractivity contribution in [1.29, 1.82) is 0 Å². The van der Waals surface area contributed by atoms with Crippen LogP contribution in [0.3, 0.4) is 0 Å². The maximum absolute atomic E-state index is 10.4. The first-order chi connectivity index (χ1) is 6.42. The van der Waals surface area contributed by atoms with Crippen LogP contribution in [0.15, 0.2) is 36.7 Å². The Morgan fingerprint density at radius 3 is 2.92 bits per heavy atom. The molecule has 2 aromatic rings. The molecule has 0 atom stereocenters. The number of aldehydes is 1. The number of nitrogens with zero attached hydrogens (tertiary/aromatic N) is 1. The van der Waals surface area contributed by atoms with Crippen LogP contribution in [0.2, 0.25) is 0 Å². The van der Waals surface area contributed by atoms with Crippen molar-refractivity contribution >= 4 is 17.1 Å². The van der Waals surface area contributed by atoms with Crippen LogP contribution < -0.4 is 0 Å². The third-order valence-corrected chi connectivity index (χ3v) is 2.05. The van der Waals surface area contributed by atoms with Crippen LogP contribution in [0.1, 0.15) is 5.56 Å². The zero-order valence-corrected chi connectivity index (χ0v) is 7.10. The van der Waals surface area contributed by atoms with E-state index in [1.165, 1.54) is 0 Å².